The van der Waals surface area contributed by atoms with Crippen molar-refractivity contribution in [3.63, 3.8) is 0 Å². The first-order chi connectivity index (χ1) is 16.4. The van der Waals surface area contributed by atoms with Crippen LogP contribution in [0.15, 0.2) is 71.8 Å². The molecule has 0 atom stereocenters. The normalized spacial score (nSPS) is 10.6. The Morgan fingerprint density at radius 1 is 0.971 bits per heavy atom. The van der Waals surface area contributed by atoms with Crippen molar-refractivity contribution in [2.45, 2.75) is 0 Å². The van der Waals surface area contributed by atoms with Crippen molar-refractivity contribution in [1.29, 1.82) is 0 Å². The van der Waals surface area contributed by atoms with Crippen LogP contribution in [0.1, 0.15) is 5.56 Å². The molecule has 0 aliphatic heterocycles. The van der Waals surface area contributed by atoms with Crippen LogP contribution in [0.2, 0.25) is 5.02 Å². The van der Waals surface area contributed by atoms with Crippen LogP contribution in [0.3, 0.4) is 0 Å². The average molecular weight is 486 g/mol. The second-order valence-corrected chi connectivity index (χ2v) is 7.17. The van der Waals surface area contributed by atoms with E-state index in [1.807, 2.05) is 0 Å². The third-order valence-electron chi connectivity index (χ3n) is 4.29. The van der Waals surface area contributed by atoms with Gasteiger partial charge in [0.2, 0.25) is 0 Å². The molecule has 0 bridgehead atoms. The Morgan fingerprint density at radius 2 is 1.68 bits per heavy atom. The Labute approximate surface area is 200 Å². The van der Waals surface area contributed by atoms with Crippen molar-refractivity contribution in [3.8, 4) is 17.2 Å². The zero-order valence-electron chi connectivity index (χ0n) is 18.1. The van der Waals surface area contributed by atoms with E-state index < -0.39 is 17.6 Å². The van der Waals surface area contributed by atoms with Crippen molar-refractivity contribution in [3.05, 3.63) is 83.1 Å². The first-order valence-electron chi connectivity index (χ1n) is 10.00. The van der Waals surface area contributed by atoms with Gasteiger partial charge in [-0.15, -0.1) is 0 Å². The maximum absolute atomic E-state index is 13.6. The molecule has 3 aromatic carbocycles. The molecule has 0 fully saturated rings. The maximum Gasteiger partial charge on any atom is 0.277 e. The smallest absolute Gasteiger partial charge is 0.277 e. The zero-order chi connectivity index (χ0) is 24.3. The van der Waals surface area contributed by atoms with E-state index in [2.05, 4.69) is 15.8 Å². The van der Waals surface area contributed by atoms with Gasteiger partial charge in [-0.2, -0.15) is 5.10 Å². The number of anilines is 1. The average Bonchev–Trinajstić information content (AvgIpc) is 2.84. The molecule has 0 saturated heterocycles. The summed E-state index contributed by atoms with van der Waals surface area (Å²) in [6.45, 7) is -0.572. The van der Waals surface area contributed by atoms with Crippen LogP contribution in [-0.4, -0.2) is 38.4 Å². The van der Waals surface area contributed by atoms with Gasteiger partial charge in [0.05, 0.1) is 24.0 Å². The van der Waals surface area contributed by atoms with Crippen molar-refractivity contribution >= 4 is 35.3 Å². The number of methoxy groups -OCH3 is 1. The SMILES string of the molecule is COc1ccc(OCC(=O)N/N=C/c2ccc(OCC(=O)Nc3ccccc3F)c(Cl)c2)cc1. The number of nitrogens with one attached hydrogen (secondary N) is 2. The van der Waals surface area contributed by atoms with Gasteiger partial charge in [-0.3, -0.25) is 9.59 Å². The summed E-state index contributed by atoms with van der Waals surface area (Å²) < 4.78 is 29.4. The second kappa shape index (κ2) is 12.2. The lowest BCUT2D eigenvalue weighted by molar-refractivity contribution is -0.123. The van der Waals surface area contributed by atoms with Crippen LogP contribution in [0.4, 0.5) is 10.1 Å². The van der Waals surface area contributed by atoms with Crippen LogP contribution >= 0.6 is 11.6 Å². The fourth-order valence-electron chi connectivity index (χ4n) is 2.64. The standard InChI is InChI=1S/C24H21ClFN3O5/c1-32-17-7-9-18(10-8-17)33-15-24(31)29-27-13-16-6-11-22(19(25)12-16)34-14-23(30)28-21-5-3-2-4-20(21)26/h2-13H,14-15H2,1H3,(H,28,30)(H,29,31)/b27-13+. The van der Waals surface area contributed by atoms with Gasteiger partial charge in [0.1, 0.15) is 23.1 Å². The summed E-state index contributed by atoms with van der Waals surface area (Å²) in [7, 11) is 1.56. The van der Waals surface area contributed by atoms with E-state index in [1.165, 1.54) is 24.4 Å². The molecular weight excluding hydrogens is 465 g/mol. The summed E-state index contributed by atoms with van der Waals surface area (Å²) in [4.78, 5) is 23.8. The van der Waals surface area contributed by atoms with Crippen molar-refractivity contribution < 1.29 is 28.2 Å². The lowest BCUT2D eigenvalue weighted by atomic mass is 10.2. The molecule has 34 heavy (non-hydrogen) atoms. The number of benzene rings is 3. The molecule has 0 radical (unpaired) electrons. The Hall–Kier alpha value is -4.11. The van der Waals surface area contributed by atoms with Crippen molar-refractivity contribution in [1.82, 2.24) is 5.43 Å². The molecule has 0 spiro atoms. The van der Waals surface area contributed by atoms with Gasteiger partial charge in [0.15, 0.2) is 13.2 Å². The quantitative estimate of drug-likeness (QED) is 0.334. The number of carbonyl (C=O) groups is 2. The number of hydrazone groups is 1. The summed E-state index contributed by atoms with van der Waals surface area (Å²) in [6.07, 6.45) is 1.39. The molecule has 3 aromatic rings. The number of halogens is 2. The molecule has 0 aliphatic rings. The van der Waals surface area contributed by atoms with E-state index in [0.29, 0.717) is 17.1 Å². The van der Waals surface area contributed by atoms with E-state index in [4.69, 9.17) is 25.8 Å². The van der Waals surface area contributed by atoms with Gasteiger partial charge in [-0.05, 0) is 60.2 Å². The monoisotopic (exact) mass is 485 g/mol. The molecule has 0 aliphatic carbocycles. The Kier molecular flexibility index (Phi) is 8.81. The van der Waals surface area contributed by atoms with Crippen molar-refractivity contribution in [2.24, 2.45) is 5.10 Å². The van der Waals surface area contributed by atoms with E-state index in [-0.39, 0.29) is 29.7 Å². The fraction of sp³-hybridized carbons (Fsp3) is 0.125. The molecule has 0 unspecified atom stereocenters. The Morgan fingerprint density at radius 3 is 2.38 bits per heavy atom. The van der Waals surface area contributed by atoms with Crippen LogP contribution in [0.5, 0.6) is 17.2 Å². The molecule has 0 heterocycles. The lowest BCUT2D eigenvalue weighted by Gasteiger charge is -2.09. The number of amides is 2. The van der Waals surface area contributed by atoms with Gasteiger partial charge in [-0.1, -0.05) is 23.7 Å². The number of ether oxygens (including phenoxy) is 3. The van der Waals surface area contributed by atoms with Crippen LogP contribution < -0.4 is 25.0 Å². The summed E-state index contributed by atoms with van der Waals surface area (Å²) >= 11 is 6.18. The molecule has 10 heteroatoms. The summed E-state index contributed by atoms with van der Waals surface area (Å²) in [6, 6.07) is 17.4. The summed E-state index contributed by atoms with van der Waals surface area (Å²) in [5.41, 5.74) is 3.00. The van der Waals surface area contributed by atoms with Crippen molar-refractivity contribution in [2.75, 3.05) is 25.6 Å². The van der Waals surface area contributed by atoms with Gasteiger partial charge in [-0.25, -0.2) is 9.82 Å². The lowest BCUT2D eigenvalue weighted by Crippen LogP contribution is -2.24. The van der Waals surface area contributed by atoms with E-state index in [1.54, 1.807) is 55.6 Å². The molecule has 3 rings (SSSR count). The predicted molar refractivity (Wildman–Crippen MR) is 126 cm³/mol. The third-order valence-corrected chi connectivity index (χ3v) is 4.59. The summed E-state index contributed by atoms with van der Waals surface area (Å²) in [5.74, 6) is -0.0612. The van der Waals surface area contributed by atoms with Gasteiger partial charge in [0, 0.05) is 0 Å². The maximum atomic E-state index is 13.6. The van der Waals surface area contributed by atoms with Crippen LogP contribution in [0, 0.1) is 5.82 Å². The highest BCUT2D eigenvalue weighted by atomic mass is 35.5. The number of hydrogen-bond donors (Lipinski definition) is 2. The Bertz CT molecular complexity index is 1170. The highest BCUT2D eigenvalue weighted by molar-refractivity contribution is 6.32. The molecular formula is C24H21ClFN3O5. The highest BCUT2D eigenvalue weighted by Gasteiger charge is 2.09. The van der Waals surface area contributed by atoms with Gasteiger partial charge < -0.3 is 19.5 Å². The van der Waals surface area contributed by atoms with E-state index in [0.717, 1.165) is 0 Å². The minimum Gasteiger partial charge on any atom is -0.497 e. The van der Waals surface area contributed by atoms with Crippen LogP contribution in [0.25, 0.3) is 0 Å². The second-order valence-electron chi connectivity index (χ2n) is 6.76. The molecule has 8 nitrogen and oxygen atoms in total. The molecule has 2 amide bonds. The number of rotatable bonds is 10. The Balaban J connectivity index is 1.44. The molecule has 2 N–H and O–H groups in total. The highest BCUT2D eigenvalue weighted by Crippen LogP contribution is 2.25. The topological polar surface area (TPSA) is 98.2 Å². The number of hydrogen-bond acceptors (Lipinski definition) is 6. The van der Waals surface area contributed by atoms with E-state index >= 15 is 0 Å². The summed E-state index contributed by atoms with van der Waals surface area (Å²) in [5, 5.41) is 6.51. The minimum atomic E-state index is -0.545. The number of nitrogens with zero attached hydrogens (tertiary/aromatic N) is 1. The number of para-hydroxylation sites is 1. The minimum absolute atomic E-state index is 0.0604. The van der Waals surface area contributed by atoms with Crippen LogP contribution in [-0.2, 0) is 9.59 Å². The van der Waals surface area contributed by atoms with Gasteiger partial charge >= 0.3 is 0 Å². The van der Waals surface area contributed by atoms with Gasteiger partial charge in [0.25, 0.3) is 11.8 Å². The zero-order valence-corrected chi connectivity index (χ0v) is 18.8. The number of carbonyl (C=O) groups excluding carboxylic acids is 2. The first kappa shape index (κ1) is 24.5. The molecule has 176 valence electrons. The van der Waals surface area contributed by atoms with E-state index in [9.17, 15) is 14.0 Å². The molecule has 0 saturated carbocycles. The largest absolute Gasteiger partial charge is 0.497 e. The fourth-order valence-corrected chi connectivity index (χ4v) is 2.88. The third kappa shape index (κ3) is 7.49. The molecule has 0 aromatic heterocycles. The first-order valence-corrected chi connectivity index (χ1v) is 10.4. The predicted octanol–water partition coefficient (Wildman–Crippen LogP) is 4.03.